The molecule has 1 aliphatic rings. The first-order chi connectivity index (χ1) is 11.0. The van der Waals surface area contributed by atoms with Gasteiger partial charge >= 0.3 is 5.97 Å². The predicted octanol–water partition coefficient (Wildman–Crippen LogP) is 2.69. The first-order valence-electron chi connectivity index (χ1n) is 7.79. The van der Waals surface area contributed by atoms with Crippen LogP contribution >= 0.6 is 0 Å². The third-order valence-electron chi connectivity index (χ3n) is 4.17. The number of carboxylic acids is 1. The van der Waals surface area contributed by atoms with Crippen LogP contribution in [-0.4, -0.2) is 42.1 Å². The van der Waals surface area contributed by atoms with Gasteiger partial charge < -0.3 is 14.7 Å². The highest BCUT2D eigenvalue weighted by Gasteiger charge is 2.25. The van der Waals surface area contributed by atoms with E-state index in [0.29, 0.717) is 30.6 Å². The van der Waals surface area contributed by atoms with E-state index < -0.39 is 5.97 Å². The van der Waals surface area contributed by atoms with E-state index in [0.717, 1.165) is 12.8 Å². The number of halogens is 1. The first-order valence-corrected chi connectivity index (χ1v) is 7.79. The summed E-state index contributed by atoms with van der Waals surface area (Å²) >= 11 is 0. The van der Waals surface area contributed by atoms with Crippen LogP contribution in [0.2, 0.25) is 0 Å². The molecule has 5 nitrogen and oxygen atoms in total. The summed E-state index contributed by atoms with van der Waals surface area (Å²) in [4.78, 5) is 25.0. The van der Waals surface area contributed by atoms with Gasteiger partial charge in [-0.2, -0.15) is 0 Å². The molecule has 6 heteroatoms. The molecule has 126 valence electrons. The van der Waals surface area contributed by atoms with Crippen molar-refractivity contribution in [1.82, 2.24) is 4.90 Å². The SMILES string of the molecule is COCc1cc(C(=O)N2CCCC(CCC(=O)O)C2)ccc1F. The number of ether oxygens (including phenoxy) is 1. The van der Waals surface area contributed by atoms with Gasteiger partial charge in [0.15, 0.2) is 0 Å². The predicted molar refractivity (Wildman–Crippen MR) is 82.6 cm³/mol. The van der Waals surface area contributed by atoms with Crippen molar-refractivity contribution in [3.63, 3.8) is 0 Å². The number of amides is 1. The molecule has 1 aromatic rings. The molecule has 0 spiro atoms. The zero-order valence-electron chi connectivity index (χ0n) is 13.3. The molecule has 1 atom stereocenters. The Bertz CT molecular complexity index is 576. The van der Waals surface area contributed by atoms with Crippen LogP contribution in [0, 0.1) is 11.7 Å². The molecule has 0 aromatic heterocycles. The van der Waals surface area contributed by atoms with E-state index in [9.17, 15) is 14.0 Å². The van der Waals surface area contributed by atoms with Gasteiger partial charge in [-0.3, -0.25) is 9.59 Å². The number of likely N-dealkylation sites (tertiary alicyclic amines) is 1. The quantitative estimate of drug-likeness (QED) is 0.874. The first kappa shape index (κ1) is 17.4. The number of benzene rings is 1. The van der Waals surface area contributed by atoms with Crippen molar-refractivity contribution >= 4 is 11.9 Å². The Hall–Kier alpha value is -1.95. The second-order valence-corrected chi connectivity index (χ2v) is 5.93. The molecule has 2 rings (SSSR count). The van der Waals surface area contributed by atoms with Crippen molar-refractivity contribution in [2.45, 2.75) is 32.3 Å². The lowest BCUT2D eigenvalue weighted by Gasteiger charge is -2.32. The van der Waals surface area contributed by atoms with Crippen LogP contribution in [0.5, 0.6) is 0 Å². The Balaban J connectivity index is 2.04. The van der Waals surface area contributed by atoms with Crippen molar-refractivity contribution in [3.8, 4) is 0 Å². The lowest BCUT2D eigenvalue weighted by Crippen LogP contribution is -2.40. The number of nitrogens with zero attached hydrogens (tertiary/aromatic N) is 1. The molecule has 1 heterocycles. The Morgan fingerprint density at radius 3 is 2.91 bits per heavy atom. The zero-order chi connectivity index (χ0) is 16.8. The minimum Gasteiger partial charge on any atom is -0.481 e. The van der Waals surface area contributed by atoms with Gasteiger partial charge in [-0.15, -0.1) is 0 Å². The fraction of sp³-hybridized carbons (Fsp3) is 0.529. The van der Waals surface area contributed by atoms with Crippen molar-refractivity contribution < 1.29 is 23.8 Å². The van der Waals surface area contributed by atoms with Gasteiger partial charge in [0, 0.05) is 37.7 Å². The van der Waals surface area contributed by atoms with E-state index in [1.807, 2.05) is 0 Å². The van der Waals surface area contributed by atoms with E-state index in [4.69, 9.17) is 9.84 Å². The molecule has 1 aliphatic heterocycles. The Kier molecular flexibility index (Phi) is 6.10. The Labute approximate surface area is 135 Å². The highest BCUT2D eigenvalue weighted by atomic mass is 19.1. The van der Waals surface area contributed by atoms with E-state index in [1.54, 1.807) is 4.90 Å². The average Bonchev–Trinajstić information content (AvgIpc) is 2.55. The van der Waals surface area contributed by atoms with E-state index in [1.165, 1.54) is 25.3 Å². The average molecular weight is 323 g/mol. The van der Waals surface area contributed by atoms with Gasteiger partial charge in [-0.25, -0.2) is 4.39 Å². The van der Waals surface area contributed by atoms with Crippen LogP contribution in [0.25, 0.3) is 0 Å². The number of carbonyl (C=O) groups is 2. The molecule has 0 saturated carbocycles. The van der Waals surface area contributed by atoms with Crippen LogP contribution in [0.3, 0.4) is 0 Å². The molecule has 1 amide bonds. The molecule has 0 aliphatic carbocycles. The maximum absolute atomic E-state index is 13.6. The molecule has 1 saturated heterocycles. The van der Waals surface area contributed by atoms with Crippen molar-refractivity contribution in [1.29, 1.82) is 0 Å². The number of rotatable bonds is 6. The van der Waals surface area contributed by atoms with Crippen LogP contribution in [0.1, 0.15) is 41.6 Å². The second-order valence-electron chi connectivity index (χ2n) is 5.93. The van der Waals surface area contributed by atoms with Crippen molar-refractivity contribution in [3.05, 3.63) is 35.1 Å². The van der Waals surface area contributed by atoms with Crippen LogP contribution in [-0.2, 0) is 16.1 Å². The van der Waals surface area contributed by atoms with Gasteiger partial charge in [-0.1, -0.05) is 0 Å². The molecular formula is C17H22FNO4. The minimum absolute atomic E-state index is 0.119. The fourth-order valence-corrected chi connectivity index (χ4v) is 2.97. The summed E-state index contributed by atoms with van der Waals surface area (Å²) in [7, 11) is 1.48. The highest BCUT2D eigenvalue weighted by molar-refractivity contribution is 5.94. The van der Waals surface area contributed by atoms with Gasteiger partial charge in [0.1, 0.15) is 5.82 Å². The summed E-state index contributed by atoms with van der Waals surface area (Å²) in [6, 6.07) is 4.30. The number of hydrogen-bond acceptors (Lipinski definition) is 3. The van der Waals surface area contributed by atoms with E-state index in [2.05, 4.69) is 0 Å². The number of carbonyl (C=O) groups excluding carboxylic acids is 1. The van der Waals surface area contributed by atoms with E-state index in [-0.39, 0.29) is 30.7 Å². The number of hydrogen-bond donors (Lipinski definition) is 1. The lowest BCUT2D eigenvalue weighted by atomic mass is 9.93. The molecule has 23 heavy (non-hydrogen) atoms. The number of methoxy groups -OCH3 is 1. The molecule has 1 aromatic carbocycles. The minimum atomic E-state index is -0.809. The van der Waals surface area contributed by atoms with Crippen LogP contribution in [0.4, 0.5) is 4.39 Å². The maximum atomic E-state index is 13.6. The third-order valence-corrected chi connectivity index (χ3v) is 4.17. The number of carboxylic acid groups (broad SMARTS) is 1. The molecular weight excluding hydrogens is 301 g/mol. The number of piperidine rings is 1. The van der Waals surface area contributed by atoms with Crippen molar-refractivity contribution in [2.75, 3.05) is 20.2 Å². The smallest absolute Gasteiger partial charge is 0.303 e. The summed E-state index contributed by atoms with van der Waals surface area (Å²) in [5.41, 5.74) is 0.801. The Morgan fingerprint density at radius 2 is 2.22 bits per heavy atom. The normalized spacial score (nSPS) is 18.0. The summed E-state index contributed by atoms with van der Waals surface area (Å²) < 4.78 is 18.6. The summed E-state index contributed by atoms with van der Waals surface area (Å²) in [6.07, 6.45) is 2.51. The standard InChI is InChI=1S/C17H22FNO4/c1-23-11-14-9-13(5-6-15(14)18)17(22)19-8-2-3-12(10-19)4-7-16(20)21/h5-6,9,12H,2-4,7-8,10-11H2,1H3,(H,20,21). The van der Waals surface area contributed by atoms with Crippen molar-refractivity contribution in [2.24, 2.45) is 5.92 Å². The van der Waals surface area contributed by atoms with Gasteiger partial charge in [0.25, 0.3) is 5.91 Å². The molecule has 0 radical (unpaired) electrons. The second kappa shape index (κ2) is 8.06. The molecule has 1 N–H and O–H groups in total. The lowest BCUT2D eigenvalue weighted by molar-refractivity contribution is -0.137. The molecule has 1 fully saturated rings. The fourth-order valence-electron chi connectivity index (χ4n) is 2.97. The van der Waals surface area contributed by atoms with Crippen LogP contribution < -0.4 is 0 Å². The van der Waals surface area contributed by atoms with E-state index >= 15 is 0 Å². The largest absolute Gasteiger partial charge is 0.481 e. The molecule has 1 unspecified atom stereocenters. The summed E-state index contributed by atoms with van der Waals surface area (Å²) in [5, 5.41) is 8.78. The summed E-state index contributed by atoms with van der Waals surface area (Å²) in [6.45, 7) is 1.33. The van der Waals surface area contributed by atoms with Crippen LogP contribution in [0.15, 0.2) is 18.2 Å². The monoisotopic (exact) mass is 323 g/mol. The highest BCUT2D eigenvalue weighted by Crippen LogP contribution is 2.23. The topological polar surface area (TPSA) is 66.8 Å². The number of aliphatic carboxylic acids is 1. The van der Waals surface area contributed by atoms with Gasteiger partial charge in [0.05, 0.1) is 6.61 Å². The zero-order valence-corrected chi connectivity index (χ0v) is 13.3. The Morgan fingerprint density at radius 1 is 1.43 bits per heavy atom. The van der Waals surface area contributed by atoms with Gasteiger partial charge in [0.2, 0.25) is 0 Å². The maximum Gasteiger partial charge on any atom is 0.303 e. The third kappa shape index (κ3) is 4.76. The summed E-state index contributed by atoms with van der Waals surface area (Å²) in [5.74, 6) is -1.12. The van der Waals surface area contributed by atoms with Gasteiger partial charge in [-0.05, 0) is 43.4 Å². The molecule has 0 bridgehead atoms.